The normalized spacial score (nSPS) is 15.9. The van der Waals surface area contributed by atoms with Gasteiger partial charge in [0, 0.05) is 5.41 Å². The van der Waals surface area contributed by atoms with Crippen molar-refractivity contribution >= 4 is 10.0 Å². The summed E-state index contributed by atoms with van der Waals surface area (Å²) in [5, 5.41) is 14.8. The minimum Gasteiger partial charge on any atom is -0.395 e. The molecule has 3 N–H and O–H groups in total. The Kier molecular flexibility index (Phi) is 3.96. The summed E-state index contributed by atoms with van der Waals surface area (Å²) in [6, 6.07) is 6.55. The Balaban J connectivity index is 3.51. The van der Waals surface area contributed by atoms with Crippen molar-refractivity contribution < 1.29 is 13.5 Å². The van der Waals surface area contributed by atoms with Gasteiger partial charge < -0.3 is 5.11 Å². The summed E-state index contributed by atoms with van der Waals surface area (Å²) in [5.74, 6) is 0.0930. The van der Waals surface area contributed by atoms with E-state index in [1.54, 1.807) is 18.2 Å². The SMILES string of the molecule is CC(C)[C@](C)(CO)c1ccccc1S(N)(=O)=O. The molecule has 0 aromatic heterocycles. The maximum atomic E-state index is 11.5. The summed E-state index contributed by atoms with van der Waals surface area (Å²) in [5.41, 5.74) is -0.0525. The highest BCUT2D eigenvalue weighted by atomic mass is 32.2. The molecule has 0 saturated heterocycles. The van der Waals surface area contributed by atoms with Crippen molar-refractivity contribution in [3.63, 3.8) is 0 Å². The Labute approximate surface area is 103 Å². The van der Waals surface area contributed by atoms with Crippen LogP contribution < -0.4 is 5.14 Å². The zero-order valence-electron chi connectivity index (χ0n) is 10.3. The van der Waals surface area contributed by atoms with Gasteiger partial charge in [0.2, 0.25) is 10.0 Å². The van der Waals surface area contributed by atoms with Crippen molar-refractivity contribution in [2.45, 2.75) is 31.1 Å². The molecule has 4 nitrogen and oxygen atoms in total. The van der Waals surface area contributed by atoms with Crippen LogP contribution in [0, 0.1) is 5.92 Å². The Morgan fingerprint density at radius 2 is 1.88 bits per heavy atom. The molecule has 0 aliphatic carbocycles. The van der Waals surface area contributed by atoms with Crippen LogP contribution >= 0.6 is 0 Å². The van der Waals surface area contributed by atoms with Gasteiger partial charge in [0.15, 0.2) is 0 Å². The molecule has 0 unspecified atom stereocenters. The van der Waals surface area contributed by atoms with E-state index < -0.39 is 15.4 Å². The molecule has 0 aliphatic rings. The van der Waals surface area contributed by atoms with Crippen LogP contribution in [0.25, 0.3) is 0 Å². The summed E-state index contributed by atoms with van der Waals surface area (Å²) >= 11 is 0. The zero-order valence-corrected chi connectivity index (χ0v) is 11.2. The third-order valence-electron chi connectivity index (χ3n) is 3.41. The number of aliphatic hydroxyl groups is 1. The van der Waals surface area contributed by atoms with E-state index in [2.05, 4.69) is 0 Å². The highest BCUT2D eigenvalue weighted by Gasteiger charge is 2.33. The largest absolute Gasteiger partial charge is 0.395 e. The second kappa shape index (κ2) is 4.76. The predicted octanol–water partition coefficient (Wildman–Crippen LogP) is 1.24. The first-order valence-corrected chi connectivity index (χ1v) is 7.01. The molecule has 0 saturated carbocycles. The zero-order chi connectivity index (χ0) is 13.3. The smallest absolute Gasteiger partial charge is 0.238 e. The lowest BCUT2D eigenvalue weighted by atomic mass is 9.74. The summed E-state index contributed by atoms with van der Waals surface area (Å²) < 4.78 is 23.1. The van der Waals surface area contributed by atoms with E-state index in [9.17, 15) is 13.5 Å². The molecule has 0 aliphatic heterocycles. The molecular formula is C12H19NO3S. The van der Waals surface area contributed by atoms with Crippen LogP contribution in [0.4, 0.5) is 0 Å². The number of aliphatic hydroxyl groups excluding tert-OH is 1. The highest BCUT2D eigenvalue weighted by Crippen LogP contribution is 2.35. The molecule has 0 fully saturated rings. The molecule has 1 aromatic rings. The second-order valence-electron chi connectivity index (χ2n) is 4.77. The van der Waals surface area contributed by atoms with Crippen LogP contribution in [0.1, 0.15) is 26.3 Å². The van der Waals surface area contributed by atoms with E-state index in [4.69, 9.17) is 5.14 Å². The number of hydrogen-bond donors (Lipinski definition) is 2. The van der Waals surface area contributed by atoms with Crippen LogP contribution in [0.5, 0.6) is 0 Å². The van der Waals surface area contributed by atoms with E-state index in [0.29, 0.717) is 5.56 Å². The minimum atomic E-state index is -3.77. The van der Waals surface area contributed by atoms with Crippen LogP contribution in [0.2, 0.25) is 0 Å². The molecule has 0 amide bonds. The van der Waals surface area contributed by atoms with E-state index in [1.165, 1.54) is 6.07 Å². The van der Waals surface area contributed by atoms with Crippen molar-refractivity contribution in [1.29, 1.82) is 0 Å². The molecule has 0 heterocycles. The first-order valence-electron chi connectivity index (χ1n) is 5.46. The lowest BCUT2D eigenvalue weighted by Gasteiger charge is -2.33. The van der Waals surface area contributed by atoms with Crippen LogP contribution in [0.3, 0.4) is 0 Å². The van der Waals surface area contributed by atoms with Crippen molar-refractivity contribution in [1.82, 2.24) is 0 Å². The number of nitrogens with two attached hydrogens (primary N) is 1. The first kappa shape index (κ1) is 14.2. The fourth-order valence-corrected chi connectivity index (χ4v) is 2.64. The van der Waals surface area contributed by atoms with Gasteiger partial charge in [-0.25, -0.2) is 13.6 Å². The average molecular weight is 257 g/mol. The Bertz CT molecular complexity index is 496. The summed E-state index contributed by atoms with van der Waals surface area (Å²) in [6.07, 6.45) is 0. The molecule has 5 heteroatoms. The molecule has 96 valence electrons. The maximum absolute atomic E-state index is 11.5. The molecule has 1 atom stereocenters. The topological polar surface area (TPSA) is 80.4 Å². The molecular weight excluding hydrogens is 238 g/mol. The Morgan fingerprint density at radius 1 is 1.35 bits per heavy atom. The lowest BCUT2D eigenvalue weighted by molar-refractivity contribution is 0.162. The van der Waals surface area contributed by atoms with Gasteiger partial charge in [0.25, 0.3) is 0 Å². The van der Waals surface area contributed by atoms with Gasteiger partial charge in [-0.2, -0.15) is 0 Å². The van der Waals surface area contributed by atoms with E-state index in [0.717, 1.165) is 0 Å². The lowest BCUT2D eigenvalue weighted by Crippen LogP contribution is -2.35. The quantitative estimate of drug-likeness (QED) is 0.851. The summed E-state index contributed by atoms with van der Waals surface area (Å²) in [7, 11) is -3.77. The van der Waals surface area contributed by atoms with Gasteiger partial charge in [0.05, 0.1) is 11.5 Å². The standard InChI is InChI=1S/C12H19NO3S/c1-9(2)12(3,8-14)10-6-4-5-7-11(10)17(13,15)16/h4-7,9,14H,8H2,1-3H3,(H2,13,15,16)/t12-/m0/s1. The fourth-order valence-electron chi connectivity index (χ4n) is 1.77. The van der Waals surface area contributed by atoms with Gasteiger partial charge in [0.1, 0.15) is 0 Å². The Morgan fingerprint density at radius 3 is 2.29 bits per heavy atom. The van der Waals surface area contributed by atoms with Crippen molar-refractivity contribution in [3.8, 4) is 0 Å². The van der Waals surface area contributed by atoms with E-state index in [1.807, 2.05) is 20.8 Å². The fraction of sp³-hybridized carbons (Fsp3) is 0.500. The average Bonchev–Trinajstić information content (AvgIpc) is 2.26. The molecule has 0 radical (unpaired) electrons. The minimum absolute atomic E-state index is 0.0882. The predicted molar refractivity (Wildman–Crippen MR) is 67.1 cm³/mol. The van der Waals surface area contributed by atoms with Gasteiger partial charge in [-0.3, -0.25) is 0 Å². The monoisotopic (exact) mass is 257 g/mol. The molecule has 1 aromatic carbocycles. The highest BCUT2D eigenvalue weighted by molar-refractivity contribution is 7.89. The first-order chi connectivity index (χ1) is 7.73. The van der Waals surface area contributed by atoms with Crippen LogP contribution in [-0.4, -0.2) is 20.1 Å². The van der Waals surface area contributed by atoms with Crippen molar-refractivity contribution in [2.75, 3.05) is 6.61 Å². The van der Waals surface area contributed by atoms with Gasteiger partial charge >= 0.3 is 0 Å². The van der Waals surface area contributed by atoms with Gasteiger partial charge in [-0.1, -0.05) is 39.0 Å². The number of primary sulfonamides is 1. The van der Waals surface area contributed by atoms with Crippen molar-refractivity contribution in [3.05, 3.63) is 29.8 Å². The van der Waals surface area contributed by atoms with Gasteiger partial charge in [-0.05, 0) is 17.5 Å². The molecule has 17 heavy (non-hydrogen) atoms. The third kappa shape index (κ3) is 2.68. The third-order valence-corrected chi connectivity index (χ3v) is 4.38. The second-order valence-corrected chi connectivity index (χ2v) is 6.30. The maximum Gasteiger partial charge on any atom is 0.238 e. The molecule has 1 rings (SSSR count). The van der Waals surface area contributed by atoms with E-state index >= 15 is 0 Å². The Hall–Kier alpha value is -0.910. The molecule has 0 bridgehead atoms. The number of sulfonamides is 1. The van der Waals surface area contributed by atoms with E-state index in [-0.39, 0.29) is 17.4 Å². The van der Waals surface area contributed by atoms with Crippen molar-refractivity contribution in [2.24, 2.45) is 11.1 Å². The summed E-state index contributed by atoms with van der Waals surface area (Å²) in [4.78, 5) is 0.0882. The van der Waals surface area contributed by atoms with Crippen LogP contribution in [0.15, 0.2) is 29.2 Å². The number of rotatable bonds is 4. The van der Waals surface area contributed by atoms with Gasteiger partial charge in [-0.15, -0.1) is 0 Å². The number of benzene rings is 1. The number of hydrogen-bond acceptors (Lipinski definition) is 3. The molecule has 0 spiro atoms. The summed E-state index contributed by atoms with van der Waals surface area (Å²) in [6.45, 7) is 5.59. The van der Waals surface area contributed by atoms with Crippen LogP contribution in [-0.2, 0) is 15.4 Å².